The zero-order chi connectivity index (χ0) is 13.8. The van der Waals surface area contributed by atoms with E-state index in [9.17, 15) is 0 Å². The van der Waals surface area contributed by atoms with Crippen LogP contribution in [0, 0.1) is 11.8 Å². The van der Waals surface area contributed by atoms with Crippen LogP contribution in [0.5, 0.6) is 0 Å². The van der Waals surface area contributed by atoms with E-state index in [0.29, 0.717) is 6.04 Å². The Labute approximate surface area is 117 Å². The van der Waals surface area contributed by atoms with E-state index in [1.807, 2.05) is 0 Å². The molecular weight excluding hydrogens is 234 g/mol. The highest BCUT2D eigenvalue weighted by atomic mass is 15.3. The van der Waals surface area contributed by atoms with Gasteiger partial charge in [-0.25, -0.2) is 0 Å². The number of aromatic nitrogens is 2. The summed E-state index contributed by atoms with van der Waals surface area (Å²) in [4.78, 5) is 0. The van der Waals surface area contributed by atoms with Gasteiger partial charge in [0, 0.05) is 7.05 Å². The van der Waals surface area contributed by atoms with Crippen LogP contribution in [0.4, 0.5) is 0 Å². The minimum absolute atomic E-state index is 0.461. The number of hydrogen-bond acceptors (Lipinski definition) is 2. The van der Waals surface area contributed by atoms with Gasteiger partial charge in [-0.3, -0.25) is 4.68 Å². The van der Waals surface area contributed by atoms with Crippen LogP contribution in [0.2, 0.25) is 0 Å². The monoisotopic (exact) mass is 263 g/mol. The van der Waals surface area contributed by atoms with Gasteiger partial charge >= 0.3 is 0 Å². The molecule has 1 N–H and O–H groups in total. The second kappa shape index (κ2) is 6.56. The summed E-state index contributed by atoms with van der Waals surface area (Å²) >= 11 is 0. The van der Waals surface area contributed by atoms with Crippen LogP contribution in [0.25, 0.3) is 0 Å². The van der Waals surface area contributed by atoms with Gasteiger partial charge in [0.1, 0.15) is 0 Å². The molecule has 1 aromatic heterocycles. The Balaban J connectivity index is 2.24. The standard InChI is InChI=1S/C16H29N3/c1-5-12-9-7-8-10-14(12)16(17-3)15-11-13(6-2)18-19(15)4/h11-12,14,16-17H,5-10H2,1-4H3. The lowest BCUT2D eigenvalue weighted by atomic mass is 9.73. The molecule has 3 atom stereocenters. The molecule has 0 aliphatic heterocycles. The van der Waals surface area contributed by atoms with Gasteiger partial charge in [-0.1, -0.05) is 39.5 Å². The first-order valence-corrected chi connectivity index (χ1v) is 7.91. The average molecular weight is 263 g/mol. The van der Waals surface area contributed by atoms with Gasteiger partial charge < -0.3 is 5.32 Å². The SMILES string of the molecule is CCc1cc(C(NC)C2CCCCC2CC)n(C)n1. The van der Waals surface area contributed by atoms with Crippen molar-refractivity contribution in [3.63, 3.8) is 0 Å². The summed E-state index contributed by atoms with van der Waals surface area (Å²) in [7, 11) is 4.19. The van der Waals surface area contributed by atoms with Crippen LogP contribution < -0.4 is 5.32 Å². The zero-order valence-electron chi connectivity index (χ0n) is 12.9. The molecule has 1 aliphatic carbocycles. The fourth-order valence-corrected chi connectivity index (χ4v) is 3.77. The third-order valence-electron chi connectivity index (χ3n) is 4.88. The number of hydrogen-bond donors (Lipinski definition) is 1. The largest absolute Gasteiger partial charge is 0.311 e. The lowest BCUT2D eigenvalue weighted by Crippen LogP contribution is -2.33. The summed E-state index contributed by atoms with van der Waals surface area (Å²) < 4.78 is 2.08. The van der Waals surface area contributed by atoms with E-state index < -0.39 is 0 Å². The summed E-state index contributed by atoms with van der Waals surface area (Å²) in [5, 5.41) is 8.19. The van der Waals surface area contributed by atoms with E-state index in [1.165, 1.54) is 43.5 Å². The van der Waals surface area contributed by atoms with E-state index in [-0.39, 0.29) is 0 Å². The molecule has 0 spiro atoms. The molecule has 1 saturated carbocycles. The molecular formula is C16H29N3. The maximum absolute atomic E-state index is 4.62. The minimum Gasteiger partial charge on any atom is -0.311 e. The first-order valence-electron chi connectivity index (χ1n) is 7.91. The maximum atomic E-state index is 4.62. The van der Waals surface area contributed by atoms with Gasteiger partial charge in [0.05, 0.1) is 17.4 Å². The Bertz CT molecular complexity index is 397. The third-order valence-corrected chi connectivity index (χ3v) is 4.88. The van der Waals surface area contributed by atoms with Crippen molar-refractivity contribution in [1.29, 1.82) is 0 Å². The fourth-order valence-electron chi connectivity index (χ4n) is 3.77. The summed E-state index contributed by atoms with van der Waals surface area (Å²) in [6.45, 7) is 4.52. The molecule has 1 aliphatic rings. The average Bonchev–Trinajstić information content (AvgIpc) is 2.82. The molecule has 0 amide bonds. The summed E-state index contributed by atoms with van der Waals surface area (Å²) in [5.74, 6) is 1.63. The maximum Gasteiger partial charge on any atom is 0.0625 e. The molecule has 108 valence electrons. The van der Waals surface area contributed by atoms with Crippen LogP contribution in [-0.2, 0) is 13.5 Å². The highest BCUT2D eigenvalue weighted by Crippen LogP contribution is 2.40. The van der Waals surface area contributed by atoms with Crippen LogP contribution in [0.3, 0.4) is 0 Å². The summed E-state index contributed by atoms with van der Waals surface area (Å²) in [5.41, 5.74) is 2.58. The van der Waals surface area contributed by atoms with Crippen molar-refractivity contribution in [2.75, 3.05) is 7.05 Å². The van der Waals surface area contributed by atoms with Gasteiger partial charge in [0.2, 0.25) is 0 Å². The molecule has 1 aromatic rings. The van der Waals surface area contributed by atoms with Gasteiger partial charge in [-0.2, -0.15) is 5.10 Å². The first kappa shape index (κ1) is 14.6. The van der Waals surface area contributed by atoms with Gasteiger partial charge in [0.25, 0.3) is 0 Å². The Morgan fingerprint density at radius 3 is 2.68 bits per heavy atom. The van der Waals surface area contributed by atoms with Crippen molar-refractivity contribution in [2.24, 2.45) is 18.9 Å². The predicted molar refractivity (Wildman–Crippen MR) is 80.1 cm³/mol. The smallest absolute Gasteiger partial charge is 0.0625 e. The Morgan fingerprint density at radius 2 is 2.11 bits per heavy atom. The number of rotatable bonds is 5. The van der Waals surface area contributed by atoms with E-state index in [2.05, 4.69) is 49.1 Å². The van der Waals surface area contributed by atoms with Gasteiger partial charge in [0.15, 0.2) is 0 Å². The van der Waals surface area contributed by atoms with E-state index in [0.717, 1.165) is 18.3 Å². The molecule has 0 aromatic carbocycles. The van der Waals surface area contributed by atoms with Crippen molar-refractivity contribution in [3.05, 3.63) is 17.5 Å². The molecule has 0 bridgehead atoms. The van der Waals surface area contributed by atoms with Crippen molar-refractivity contribution in [2.45, 2.75) is 58.4 Å². The molecule has 3 heteroatoms. The lowest BCUT2D eigenvalue weighted by molar-refractivity contribution is 0.176. The quantitative estimate of drug-likeness (QED) is 0.881. The van der Waals surface area contributed by atoms with Crippen LogP contribution in [0.1, 0.15) is 63.4 Å². The van der Waals surface area contributed by atoms with Crippen molar-refractivity contribution < 1.29 is 0 Å². The molecule has 2 rings (SSSR count). The van der Waals surface area contributed by atoms with Gasteiger partial charge in [-0.15, -0.1) is 0 Å². The predicted octanol–water partition coefficient (Wildman–Crippen LogP) is 3.46. The Morgan fingerprint density at radius 1 is 1.37 bits per heavy atom. The lowest BCUT2D eigenvalue weighted by Gasteiger charge is -2.36. The Hall–Kier alpha value is -0.830. The molecule has 1 heterocycles. The van der Waals surface area contributed by atoms with E-state index >= 15 is 0 Å². The number of nitrogens with one attached hydrogen (secondary N) is 1. The van der Waals surface area contributed by atoms with Crippen LogP contribution >= 0.6 is 0 Å². The molecule has 3 nitrogen and oxygen atoms in total. The first-order chi connectivity index (χ1) is 9.21. The van der Waals surface area contributed by atoms with Crippen LogP contribution in [-0.4, -0.2) is 16.8 Å². The van der Waals surface area contributed by atoms with E-state index in [1.54, 1.807) is 0 Å². The number of nitrogens with zero attached hydrogens (tertiary/aromatic N) is 2. The summed E-state index contributed by atoms with van der Waals surface area (Å²) in [6, 6.07) is 2.76. The third kappa shape index (κ3) is 3.02. The van der Waals surface area contributed by atoms with Crippen molar-refractivity contribution in [1.82, 2.24) is 15.1 Å². The molecule has 3 unspecified atom stereocenters. The second-order valence-electron chi connectivity index (χ2n) is 5.92. The van der Waals surface area contributed by atoms with Crippen molar-refractivity contribution >= 4 is 0 Å². The fraction of sp³-hybridized carbons (Fsp3) is 0.812. The molecule has 0 saturated heterocycles. The molecule has 0 radical (unpaired) electrons. The normalized spacial score (nSPS) is 25.5. The highest BCUT2D eigenvalue weighted by molar-refractivity contribution is 5.15. The second-order valence-corrected chi connectivity index (χ2v) is 5.92. The summed E-state index contributed by atoms with van der Waals surface area (Å²) in [6.07, 6.45) is 7.89. The van der Waals surface area contributed by atoms with Crippen LogP contribution in [0.15, 0.2) is 6.07 Å². The Kier molecular flexibility index (Phi) is 5.03. The zero-order valence-corrected chi connectivity index (χ0v) is 12.9. The number of aryl methyl sites for hydroxylation is 2. The molecule has 19 heavy (non-hydrogen) atoms. The van der Waals surface area contributed by atoms with Crippen molar-refractivity contribution in [3.8, 4) is 0 Å². The highest BCUT2D eigenvalue weighted by Gasteiger charge is 2.32. The minimum atomic E-state index is 0.461. The molecule has 1 fully saturated rings. The topological polar surface area (TPSA) is 29.9 Å². The van der Waals surface area contributed by atoms with E-state index in [4.69, 9.17) is 0 Å². The van der Waals surface area contributed by atoms with Gasteiger partial charge in [-0.05, 0) is 37.8 Å².